The van der Waals surface area contributed by atoms with Gasteiger partial charge in [-0.3, -0.25) is 24.8 Å². The van der Waals surface area contributed by atoms with Crippen molar-refractivity contribution in [3.05, 3.63) is 62.4 Å². The van der Waals surface area contributed by atoms with Crippen LogP contribution in [-0.2, 0) is 15.5 Å². The largest absolute Gasteiger partial charge is 0.487 e. The Balaban J connectivity index is 0.000000402. The zero-order chi connectivity index (χ0) is 35.8. The van der Waals surface area contributed by atoms with Gasteiger partial charge in [0.15, 0.2) is 0 Å². The molecule has 0 amide bonds. The lowest BCUT2D eigenvalue weighted by Gasteiger charge is -2.12. The van der Waals surface area contributed by atoms with Crippen LogP contribution in [0.25, 0.3) is 0 Å². The molecule has 1 heterocycles. The van der Waals surface area contributed by atoms with Gasteiger partial charge in [-0.15, -0.1) is 0 Å². The van der Waals surface area contributed by atoms with E-state index >= 15 is 0 Å². The normalized spacial score (nSPS) is 10.9. The van der Waals surface area contributed by atoms with Crippen LogP contribution in [0, 0.1) is 10.1 Å². The summed E-state index contributed by atoms with van der Waals surface area (Å²) in [5.74, 6) is -0.0277. The molecule has 6 N–H and O–H groups in total. The molecule has 0 fully saturated rings. The zero-order valence-corrected chi connectivity index (χ0v) is 27.3. The Bertz CT molecular complexity index is 1510. The van der Waals surface area contributed by atoms with Crippen LogP contribution < -0.4 is 25.4 Å². The van der Waals surface area contributed by atoms with E-state index in [2.05, 4.69) is 30.9 Å². The van der Waals surface area contributed by atoms with E-state index in [1.807, 2.05) is 13.8 Å². The van der Waals surface area contributed by atoms with E-state index in [0.717, 1.165) is 31.3 Å². The van der Waals surface area contributed by atoms with Crippen LogP contribution >= 0.6 is 30.8 Å². The fraction of sp³-hybridized carbons (Fsp3) is 0.360. The molecule has 0 aliphatic rings. The fourth-order valence-electron chi connectivity index (χ4n) is 3.00. The highest BCUT2D eigenvalue weighted by Gasteiger charge is 2.31. The van der Waals surface area contributed by atoms with Crippen LogP contribution in [-0.4, -0.2) is 73.3 Å². The molecule has 260 valence electrons. The maximum Gasteiger partial charge on any atom is 0.416 e. The monoisotopic (exact) mass is 731 g/mol. The summed E-state index contributed by atoms with van der Waals surface area (Å²) in [6, 6.07) is 6.40. The second-order valence-electron chi connectivity index (χ2n) is 8.52. The van der Waals surface area contributed by atoms with Crippen molar-refractivity contribution >= 4 is 54.4 Å². The molecule has 0 spiro atoms. The number of nitro groups is 1. The third kappa shape index (κ3) is 16.4. The van der Waals surface area contributed by atoms with Crippen LogP contribution in [0.3, 0.4) is 0 Å². The third-order valence-corrected chi connectivity index (χ3v) is 5.89. The molecular weight excluding hydrogens is 701 g/mol. The highest BCUT2D eigenvalue weighted by molar-refractivity contribution is 7.51. The van der Waals surface area contributed by atoms with Crippen LogP contribution in [0.2, 0.25) is 10.3 Å². The quantitative estimate of drug-likeness (QED) is 0.0709. The minimum atomic E-state index is -4.52. The van der Waals surface area contributed by atoms with Gasteiger partial charge < -0.3 is 35.0 Å². The summed E-state index contributed by atoms with van der Waals surface area (Å²) in [7, 11) is -4.10. The Morgan fingerprint density at radius 1 is 1.00 bits per heavy atom. The number of aliphatic carboxylic acids is 1. The van der Waals surface area contributed by atoms with E-state index in [1.54, 1.807) is 6.92 Å². The second kappa shape index (κ2) is 19.6. The molecule has 0 saturated carbocycles. The van der Waals surface area contributed by atoms with Crippen LogP contribution in [0.5, 0.6) is 17.2 Å². The van der Waals surface area contributed by atoms with Gasteiger partial charge in [0.1, 0.15) is 11.5 Å². The van der Waals surface area contributed by atoms with Crippen molar-refractivity contribution in [3.8, 4) is 17.2 Å². The molecular formula is C25H31Cl2F3N7O9P. The first-order chi connectivity index (χ1) is 21.9. The van der Waals surface area contributed by atoms with Crippen LogP contribution in [0.4, 0.5) is 30.8 Å². The molecule has 1 aromatic heterocycles. The molecule has 0 saturated heterocycles. The molecule has 16 nitrogen and oxygen atoms in total. The Hall–Kier alpha value is -4.00. The molecule has 0 radical (unpaired) electrons. The standard InChI is InChI=1S/C15H11ClF3NO4.C7H12ClN5.C3H8NO5P/c1-2-23-14-8-10(4-5-12(14)20(21)22)24-13-6-3-9(7-11(13)16)15(17,18)19;1-3-9-6-11-5(8)12-7(13-6)10-4-2;5-3(6)1-4-2-10(7,8)9/h3-8H,2H2,1H3;3-4H2,1-2H3,(H2,9,10,11,12,13);4H,1-2H2,(H,5,6)(H2,7,8,9). The number of carboxylic acids is 1. The van der Waals surface area contributed by atoms with Gasteiger partial charge in [0.25, 0.3) is 0 Å². The van der Waals surface area contributed by atoms with Crippen molar-refractivity contribution < 1.29 is 51.8 Å². The average molecular weight is 732 g/mol. The highest BCUT2D eigenvalue weighted by Crippen LogP contribution is 2.38. The number of anilines is 2. The van der Waals surface area contributed by atoms with Gasteiger partial charge in [-0.1, -0.05) is 11.6 Å². The molecule has 22 heteroatoms. The van der Waals surface area contributed by atoms with Gasteiger partial charge in [-0.25, -0.2) is 0 Å². The number of halogens is 5. The van der Waals surface area contributed by atoms with Gasteiger partial charge in [0.2, 0.25) is 22.9 Å². The SMILES string of the molecule is CCNc1nc(Cl)nc(NCC)n1.CCOc1cc(Oc2ccc(C(F)(F)F)cc2Cl)ccc1[N+](=O)[O-].O=C(O)CNCP(=O)(O)O. The third-order valence-electron chi connectivity index (χ3n) is 4.79. The number of hydrogen-bond donors (Lipinski definition) is 6. The van der Waals surface area contributed by atoms with Crippen molar-refractivity contribution in [1.82, 2.24) is 20.3 Å². The summed E-state index contributed by atoms with van der Waals surface area (Å²) < 4.78 is 58.4. The predicted octanol–water partition coefficient (Wildman–Crippen LogP) is 5.64. The number of nitro benzene ring substituents is 1. The number of rotatable bonds is 13. The molecule has 0 aliphatic heterocycles. The second-order valence-corrected chi connectivity index (χ2v) is 10.9. The van der Waals surface area contributed by atoms with Gasteiger partial charge in [0, 0.05) is 25.2 Å². The number of carbonyl (C=O) groups is 1. The van der Waals surface area contributed by atoms with Crippen LogP contribution in [0.1, 0.15) is 26.3 Å². The molecule has 0 unspecified atom stereocenters. The van der Waals surface area contributed by atoms with E-state index in [-0.39, 0.29) is 39.8 Å². The Labute approximate surface area is 276 Å². The number of ether oxygens (including phenoxy) is 2. The lowest BCUT2D eigenvalue weighted by Crippen LogP contribution is -2.23. The first kappa shape index (κ1) is 41.0. The van der Waals surface area contributed by atoms with E-state index in [4.69, 9.17) is 47.6 Å². The molecule has 0 atom stereocenters. The van der Waals surface area contributed by atoms with Crippen molar-refractivity contribution in [2.24, 2.45) is 0 Å². The lowest BCUT2D eigenvalue weighted by atomic mass is 10.2. The first-order valence-corrected chi connectivity index (χ1v) is 15.8. The fourth-order valence-corrected chi connectivity index (χ4v) is 3.78. The summed E-state index contributed by atoms with van der Waals surface area (Å²) in [6.45, 7) is 6.85. The minimum Gasteiger partial charge on any atom is -0.487 e. The lowest BCUT2D eigenvalue weighted by molar-refractivity contribution is -0.385. The summed E-state index contributed by atoms with van der Waals surface area (Å²) in [6.07, 6.45) is -5.11. The molecule has 0 aliphatic carbocycles. The van der Waals surface area contributed by atoms with E-state index in [9.17, 15) is 32.6 Å². The van der Waals surface area contributed by atoms with Gasteiger partial charge >= 0.3 is 25.4 Å². The molecule has 2 aromatic carbocycles. The highest BCUT2D eigenvalue weighted by atomic mass is 35.5. The number of nitrogens with one attached hydrogen (secondary N) is 3. The van der Waals surface area contributed by atoms with Crippen molar-refractivity contribution in [1.29, 1.82) is 0 Å². The summed E-state index contributed by atoms with van der Waals surface area (Å²) in [5.41, 5.74) is -1.15. The van der Waals surface area contributed by atoms with Gasteiger partial charge in [-0.05, 0) is 56.6 Å². The number of carboxylic acid groups (broad SMARTS) is 1. The Morgan fingerprint density at radius 3 is 2.04 bits per heavy atom. The van der Waals surface area contributed by atoms with Crippen molar-refractivity contribution in [3.63, 3.8) is 0 Å². The molecule has 0 bridgehead atoms. The minimum absolute atomic E-state index is 0.0111. The Morgan fingerprint density at radius 2 is 1.60 bits per heavy atom. The summed E-state index contributed by atoms with van der Waals surface area (Å²) >= 11 is 11.5. The predicted molar refractivity (Wildman–Crippen MR) is 167 cm³/mol. The van der Waals surface area contributed by atoms with E-state index in [1.165, 1.54) is 18.2 Å². The number of nitrogens with zero attached hydrogens (tertiary/aromatic N) is 4. The molecule has 47 heavy (non-hydrogen) atoms. The number of aromatic nitrogens is 3. The van der Waals surface area contributed by atoms with E-state index in [0.29, 0.717) is 11.9 Å². The van der Waals surface area contributed by atoms with Crippen molar-refractivity contribution in [2.45, 2.75) is 26.9 Å². The van der Waals surface area contributed by atoms with Gasteiger partial charge in [-0.2, -0.15) is 28.1 Å². The zero-order valence-electron chi connectivity index (χ0n) is 24.9. The van der Waals surface area contributed by atoms with E-state index < -0.39 is 43.1 Å². The maximum absolute atomic E-state index is 12.6. The Kier molecular flexibility index (Phi) is 17.1. The van der Waals surface area contributed by atoms with Gasteiger partial charge in [0.05, 0.1) is 34.9 Å². The maximum atomic E-state index is 12.6. The summed E-state index contributed by atoms with van der Waals surface area (Å²) in [4.78, 5) is 48.3. The number of hydrogen-bond acceptors (Lipinski definition) is 12. The smallest absolute Gasteiger partial charge is 0.416 e. The molecule has 3 aromatic rings. The molecule has 3 rings (SSSR count). The average Bonchev–Trinajstić information content (AvgIpc) is 2.94. The number of benzene rings is 2. The topological polar surface area (TPSA) is 231 Å². The first-order valence-electron chi connectivity index (χ1n) is 13.2. The van der Waals surface area contributed by atoms with Crippen molar-refractivity contribution in [2.75, 3.05) is 43.2 Å². The number of alkyl halides is 3. The summed E-state index contributed by atoms with van der Waals surface area (Å²) in [5, 5.41) is 26.8. The van der Waals surface area contributed by atoms with Crippen LogP contribution in [0.15, 0.2) is 36.4 Å².